The Bertz CT molecular complexity index is 867. The zero-order valence-corrected chi connectivity index (χ0v) is 13.7. The fraction of sp³-hybridized carbons (Fsp3) is 0.0588. The maximum absolute atomic E-state index is 12.4. The standard InChI is InChI=1S/C17H12BrNO4/c1-22-17(21)12-9-11(18)6-7-13(12)19-16(20)15-8-10-4-2-3-5-14(10)23-15/h2-9H,1H3,(H,19,20). The van der Waals surface area contributed by atoms with Gasteiger partial charge in [0.1, 0.15) is 5.58 Å². The summed E-state index contributed by atoms with van der Waals surface area (Å²) in [5, 5.41) is 3.51. The Morgan fingerprint density at radius 3 is 2.65 bits per heavy atom. The summed E-state index contributed by atoms with van der Waals surface area (Å²) in [5.74, 6) is -0.801. The lowest BCUT2D eigenvalue weighted by atomic mass is 10.1. The predicted molar refractivity (Wildman–Crippen MR) is 89.6 cm³/mol. The van der Waals surface area contributed by atoms with Crippen LogP contribution >= 0.6 is 15.9 Å². The minimum absolute atomic E-state index is 0.171. The van der Waals surface area contributed by atoms with Crippen molar-refractivity contribution >= 4 is 44.5 Å². The molecule has 1 amide bonds. The maximum atomic E-state index is 12.4. The highest BCUT2D eigenvalue weighted by molar-refractivity contribution is 9.10. The molecule has 3 rings (SSSR count). The van der Waals surface area contributed by atoms with E-state index in [1.54, 1.807) is 30.3 Å². The minimum atomic E-state index is -0.536. The van der Waals surface area contributed by atoms with E-state index < -0.39 is 11.9 Å². The molecule has 0 aliphatic carbocycles. The Hall–Kier alpha value is -2.60. The second-order valence-electron chi connectivity index (χ2n) is 4.78. The van der Waals surface area contributed by atoms with E-state index in [4.69, 9.17) is 9.15 Å². The van der Waals surface area contributed by atoms with E-state index in [0.29, 0.717) is 15.7 Å². The fourth-order valence-corrected chi connectivity index (χ4v) is 2.54. The maximum Gasteiger partial charge on any atom is 0.340 e. The Morgan fingerprint density at radius 1 is 1.13 bits per heavy atom. The Balaban J connectivity index is 1.92. The zero-order valence-electron chi connectivity index (χ0n) is 12.1. The van der Waals surface area contributed by atoms with Crippen molar-refractivity contribution in [3.8, 4) is 0 Å². The van der Waals surface area contributed by atoms with Gasteiger partial charge in [-0.15, -0.1) is 0 Å². The molecule has 6 heteroatoms. The van der Waals surface area contributed by atoms with Gasteiger partial charge in [0.2, 0.25) is 0 Å². The van der Waals surface area contributed by atoms with Crippen LogP contribution in [0, 0.1) is 0 Å². The fourth-order valence-electron chi connectivity index (χ4n) is 2.18. The van der Waals surface area contributed by atoms with Crippen molar-refractivity contribution in [2.45, 2.75) is 0 Å². The molecule has 0 spiro atoms. The molecule has 0 saturated heterocycles. The molecule has 116 valence electrons. The first-order valence-electron chi connectivity index (χ1n) is 6.76. The number of carbonyl (C=O) groups is 2. The van der Waals surface area contributed by atoms with Gasteiger partial charge >= 0.3 is 5.97 Å². The first kappa shape index (κ1) is 15.3. The number of hydrogen-bond acceptors (Lipinski definition) is 4. The number of carbonyl (C=O) groups excluding carboxylic acids is 2. The van der Waals surface area contributed by atoms with Gasteiger partial charge in [-0.25, -0.2) is 4.79 Å². The molecule has 0 saturated carbocycles. The largest absolute Gasteiger partial charge is 0.465 e. The molecule has 0 fully saturated rings. The molecule has 0 radical (unpaired) electrons. The van der Waals surface area contributed by atoms with Crippen molar-refractivity contribution in [2.24, 2.45) is 0 Å². The summed E-state index contributed by atoms with van der Waals surface area (Å²) in [7, 11) is 1.29. The molecule has 1 aromatic heterocycles. The molecular formula is C17H12BrNO4. The van der Waals surface area contributed by atoms with Crippen LogP contribution in [0.1, 0.15) is 20.9 Å². The smallest absolute Gasteiger partial charge is 0.340 e. The topological polar surface area (TPSA) is 68.5 Å². The number of anilines is 1. The van der Waals surface area contributed by atoms with Gasteiger partial charge in [-0.2, -0.15) is 0 Å². The van der Waals surface area contributed by atoms with Gasteiger partial charge in [0.25, 0.3) is 5.91 Å². The molecule has 0 unspecified atom stereocenters. The quantitative estimate of drug-likeness (QED) is 0.697. The van der Waals surface area contributed by atoms with Gasteiger partial charge < -0.3 is 14.5 Å². The van der Waals surface area contributed by atoms with Gasteiger partial charge in [0, 0.05) is 9.86 Å². The Kier molecular flexibility index (Phi) is 4.16. The van der Waals surface area contributed by atoms with Crippen LogP contribution in [0.25, 0.3) is 11.0 Å². The van der Waals surface area contributed by atoms with Crippen LogP contribution < -0.4 is 5.32 Å². The van der Waals surface area contributed by atoms with Crippen molar-refractivity contribution < 1.29 is 18.7 Å². The molecule has 1 N–H and O–H groups in total. The minimum Gasteiger partial charge on any atom is -0.465 e. The SMILES string of the molecule is COC(=O)c1cc(Br)ccc1NC(=O)c1cc2ccccc2o1. The van der Waals surface area contributed by atoms with Crippen LogP contribution in [0.2, 0.25) is 0 Å². The third-order valence-electron chi connectivity index (χ3n) is 3.28. The number of fused-ring (bicyclic) bond motifs is 1. The van der Waals surface area contributed by atoms with E-state index in [0.717, 1.165) is 5.39 Å². The van der Waals surface area contributed by atoms with E-state index in [-0.39, 0.29) is 11.3 Å². The van der Waals surface area contributed by atoms with Gasteiger partial charge in [0.15, 0.2) is 5.76 Å². The highest BCUT2D eigenvalue weighted by atomic mass is 79.9. The molecular weight excluding hydrogens is 362 g/mol. The average molecular weight is 374 g/mol. The summed E-state index contributed by atoms with van der Waals surface area (Å²) in [6, 6.07) is 13.9. The second kappa shape index (κ2) is 6.26. The summed E-state index contributed by atoms with van der Waals surface area (Å²) in [6.45, 7) is 0. The van der Waals surface area contributed by atoms with E-state index in [9.17, 15) is 9.59 Å². The number of rotatable bonds is 3. The molecule has 23 heavy (non-hydrogen) atoms. The number of nitrogens with one attached hydrogen (secondary N) is 1. The van der Waals surface area contributed by atoms with Gasteiger partial charge in [0.05, 0.1) is 18.4 Å². The summed E-state index contributed by atoms with van der Waals surface area (Å²) in [6.07, 6.45) is 0. The molecule has 0 bridgehead atoms. The molecule has 0 aliphatic rings. The number of amides is 1. The summed E-state index contributed by atoms with van der Waals surface area (Å²) in [4.78, 5) is 24.2. The molecule has 5 nitrogen and oxygen atoms in total. The predicted octanol–water partition coefficient (Wildman–Crippen LogP) is 4.23. The molecule has 0 atom stereocenters. The Morgan fingerprint density at radius 2 is 1.91 bits per heavy atom. The van der Waals surface area contributed by atoms with Crippen molar-refractivity contribution in [3.63, 3.8) is 0 Å². The first-order chi connectivity index (χ1) is 11.1. The molecule has 2 aromatic carbocycles. The highest BCUT2D eigenvalue weighted by Crippen LogP contribution is 2.24. The summed E-state index contributed by atoms with van der Waals surface area (Å²) in [5.41, 5.74) is 1.23. The third kappa shape index (κ3) is 3.12. The molecule has 0 aliphatic heterocycles. The van der Waals surface area contributed by atoms with E-state index >= 15 is 0 Å². The first-order valence-corrected chi connectivity index (χ1v) is 7.55. The van der Waals surface area contributed by atoms with Crippen molar-refractivity contribution in [1.82, 2.24) is 0 Å². The third-order valence-corrected chi connectivity index (χ3v) is 3.78. The lowest BCUT2D eigenvalue weighted by Gasteiger charge is -2.09. The number of methoxy groups -OCH3 is 1. The van der Waals surface area contributed by atoms with Crippen LogP contribution in [0.4, 0.5) is 5.69 Å². The van der Waals surface area contributed by atoms with Crippen LogP contribution in [0.5, 0.6) is 0 Å². The van der Waals surface area contributed by atoms with E-state index in [1.165, 1.54) is 7.11 Å². The van der Waals surface area contributed by atoms with Gasteiger partial charge in [-0.1, -0.05) is 34.1 Å². The number of halogens is 1. The summed E-state index contributed by atoms with van der Waals surface area (Å²) < 4.78 is 11.0. The number of para-hydroxylation sites is 1. The molecule has 1 heterocycles. The second-order valence-corrected chi connectivity index (χ2v) is 5.70. The van der Waals surface area contributed by atoms with Gasteiger partial charge in [-0.3, -0.25) is 4.79 Å². The average Bonchev–Trinajstić information content (AvgIpc) is 3.00. The Labute approximate surface area is 140 Å². The van der Waals surface area contributed by atoms with Crippen molar-refractivity contribution in [1.29, 1.82) is 0 Å². The zero-order chi connectivity index (χ0) is 16.4. The monoisotopic (exact) mass is 373 g/mol. The van der Waals surface area contributed by atoms with Crippen LogP contribution in [-0.2, 0) is 4.74 Å². The van der Waals surface area contributed by atoms with E-state index in [1.807, 2.05) is 18.2 Å². The lowest BCUT2D eigenvalue weighted by Crippen LogP contribution is -2.14. The van der Waals surface area contributed by atoms with Crippen molar-refractivity contribution in [2.75, 3.05) is 12.4 Å². The van der Waals surface area contributed by atoms with E-state index in [2.05, 4.69) is 21.2 Å². The number of esters is 1. The number of ether oxygens (including phenoxy) is 1. The van der Waals surface area contributed by atoms with Gasteiger partial charge in [-0.05, 0) is 30.3 Å². The van der Waals surface area contributed by atoms with Crippen molar-refractivity contribution in [3.05, 3.63) is 64.3 Å². The van der Waals surface area contributed by atoms with Crippen LogP contribution in [0.15, 0.2) is 57.4 Å². The highest BCUT2D eigenvalue weighted by Gasteiger charge is 2.17. The molecule has 3 aromatic rings. The lowest BCUT2D eigenvalue weighted by molar-refractivity contribution is 0.0602. The number of benzene rings is 2. The number of furan rings is 1. The normalized spacial score (nSPS) is 10.5. The van der Waals surface area contributed by atoms with Crippen LogP contribution in [-0.4, -0.2) is 19.0 Å². The van der Waals surface area contributed by atoms with Crippen LogP contribution in [0.3, 0.4) is 0 Å². The number of hydrogen-bond donors (Lipinski definition) is 1. The summed E-state index contributed by atoms with van der Waals surface area (Å²) >= 11 is 3.29.